The summed E-state index contributed by atoms with van der Waals surface area (Å²) in [6, 6.07) is 8.76. The van der Waals surface area contributed by atoms with Crippen molar-refractivity contribution in [2.45, 2.75) is 6.92 Å². The van der Waals surface area contributed by atoms with Gasteiger partial charge in [-0.1, -0.05) is 6.07 Å². The van der Waals surface area contributed by atoms with Crippen LogP contribution >= 0.6 is 0 Å². The molecule has 0 aromatic heterocycles. The molecule has 0 fully saturated rings. The van der Waals surface area contributed by atoms with Crippen molar-refractivity contribution in [1.29, 1.82) is 0 Å². The van der Waals surface area contributed by atoms with Gasteiger partial charge < -0.3 is 14.8 Å². The number of amides is 2. The van der Waals surface area contributed by atoms with Crippen LogP contribution in [0.25, 0.3) is 0 Å². The van der Waals surface area contributed by atoms with E-state index in [0.717, 1.165) is 0 Å². The molecule has 2 aromatic carbocycles. The van der Waals surface area contributed by atoms with Crippen molar-refractivity contribution < 1.29 is 24.0 Å². The zero-order valence-corrected chi connectivity index (χ0v) is 15.4. The smallest absolute Gasteiger partial charge is 0.274 e. The number of nitro benzene ring substituents is 1. The molecule has 28 heavy (non-hydrogen) atoms. The highest BCUT2D eigenvalue weighted by molar-refractivity contribution is 5.97. The van der Waals surface area contributed by atoms with Gasteiger partial charge in [0.05, 0.1) is 31.4 Å². The number of carbonyl (C=O) groups is 2. The summed E-state index contributed by atoms with van der Waals surface area (Å²) in [7, 11) is 2.74. The third-order valence-electron chi connectivity index (χ3n) is 3.52. The molecule has 0 saturated heterocycles. The minimum absolute atomic E-state index is 0.160. The maximum Gasteiger partial charge on any atom is 0.274 e. The first kappa shape index (κ1) is 20.4. The molecule has 2 N–H and O–H groups in total. The fraction of sp³-hybridized carbons (Fsp3) is 0.167. The Morgan fingerprint density at radius 2 is 1.93 bits per heavy atom. The van der Waals surface area contributed by atoms with E-state index in [1.54, 1.807) is 18.2 Å². The number of carbonyl (C=O) groups excluding carboxylic acids is 2. The van der Waals surface area contributed by atoms with Crippen molar-refractivity contribution in [3.63, 3.8) is 0 Å². The van der Waals surface area contributed by atoms with E-state index in [0.29, 0.717) is 5.69 Å². The first-order valence-corrected chi connectivity index (χ1v) is 7.97. The van der Waals surface area contributed by atoms with Crippen molar-refractivity contribution in [2.75, 3.05) is 19.5 Å². The number of benzene rings is 2. The Labute approximate surface area is 160 Å². The first-order chi connectivity index (χ1) is 13.3. The molecule has 10 nitrogen and oxygen atoms in total. The molecule has 0 aliphatic carbocycles. The van der Waals surface area contributed by atoms with E-state index < -0.39 is 10.8 Å². The molecule has 0 atom stereocenters. The Hall–Kier alpha value is -3.95. The second-order valence-corrected chi connectivity index (χ2v) is 5.49. The quantitative estimate of drug-likeness (QED) is 0.426. The average molecular weight is 386 g/mol. The Kier molecular flexibility index (Phi) is 6.63. The molecule has 0 spiro atoms. The summed E-state index contributed by atoms with van der Waals surface area (Å²) >= 11 is 0. The third kappa shape index (κ3) is 5.04. The van der Waals surface area contributed by atoms with E-state index in [1.165, 1.54) is 45.6 Å². The molecule has 0 unspecified atom stereocenters. The maximum absolute atomic E-state index is 12.2. The van der Waals surface area contributed by atoms with Crippen molar-refractivity contribution in [2.24, 2.45) is 5.10 Å². The summed E-state index contributed by atoms with van der Waals surface area (Å²) in [4.78, 5) is 33.8. The Morgan fingerprint density at radius 3 is 2.54 bits per heavy atom. The van der Waals surface area contributed by atoms with Crippen LogP contribution < -0.4 is 20.2 Å². The van der Waals surface area contributed by atoms with E-state index in [4.69, 9.17) is 9.47 Å². The third-order valence-corrected chi connectivity index (χ3v) is 3.52. The zero-order chi connectivity index (χ0) is 20.7. The van der Waals surface area contributed by atoms with Gasteiger partial charge >= 0.3 is 0 Å². The van der Waals surface area contributed by atoms with Crippen molar-refractivity contribution in [3.05, 3.63) is 57.6 Å². The molecule has 0 aliphatic heterocycles. The van der Waals surface area contributed by atoms with E-state index in [-0.39, 0.29) is 34.2 Å². The summed E-state index contributed by atoms with van der Waals surface area (Å²) in [6.07, 6.45) is 1.21. The Morgan fingerprint density at radius 1 is 1.18 bits per heavy atom. The number of anilines is 1. The van der Waals surface area contributed by atoms with Gasteiger partial charge in [-0.3, -0.25) is 19.7 Å². The molecule has 0 aliphatic rings. The molecular formula is C18H18N4O6. The van der Waals surface area contributed by atoms with Crippen LogP contribution in [0.15, 0.2) is 41.5 Å². The van der Waals surface area contributed by atoms with Crippen LogP contribution in [0, 0.1) is 10.1 Å². The second-order valence-electron chi connectivity index (χ2n) is 5.49. The standard InChI is InChI=1S/C18H18N4O6/c1-11(23)20-14-6-4-5-12(7-14)18(24)21-19-10-13-8-15(22(25)26)9-16(27-2)17(13)28-3/h4-10H,1-3H3,(H,20,23)(H,21,24)/b19-10+. The summed E-state index contributed by atoms with van der Waals surface area (Å²) in [5, 5.41) is 17.5. The molecular weight excluding hydrogens is 368 g/mol. The van der Waals surface area contributed by atoms with Gasteiger partial charge in [-0.2, -0.15) is 5.10 Å². The SMILES string of the molecule is COc1cc([N+](=O)[O-])cc(/C=N/NC(=O)c2cccc(NC(C)=O)c2)c1OC. The number of non-ortho nitro benzene ring substituents is 1. The van der Waals surface area contributed by atoms with Gasteiger partial charge in [0.2, 0.25) is 5.91 Å². The number of rotatable bonds is 7. The Balaban J connectivity index is 2.22. The van der Waals surface area contributed by atoms with Crippen LogP contribution in [-0.2, 0) is 4.79 Å². The molecule has 0 bridgehead atoms. The van der Waals surface area contributed by atoms with Gasteiger partial charge in [-0.15, -0.1) is 0 Å². The van der Waals surface area contributed by atoms with Crippen LogP contribution in [-0.4, -0.2) is 37.2 Å². The Bertz CT molecular complexity index is 942. The van der Waals surface area contributed by atoms with Gasteiger partial charge in [0, 0.05) is 29.8 Å². The normalized spacial score (nSPS) is 10.4. The summed E-state index contributed by atoms with van der Waals surface area (Å²) in [5.74, 6) is -0.395. The number of ether oxygens (including phenoxy) is 2. The molecule has 146 valence electrons. The van der Waals surface area contributed by atoms with E-state index >= 15 is 0 Å². The number of methoxy groups -OCH3 is 2. The van der Waals surface area contributed by atoms with Gasteiger partial charge in [0.25, 0.3) is 11.6 Å². The highest BCUT2D eigenvalue weighted by Crippen LogP contribution is 2.34. The number of nitrogens with one attached hydrogen (secondary N) is 2. The van der Waals surface area contributed by atoms with E-state index in [2.05, 4.69) is 15.8 Å². The summed E-state index contributed by atoms with van der Waals surface area (Å²) < 4.78 is 10.3. The lowest BCUT2D eigenvalue weighted by molar-refractivity contribution is -0.385. The monoisotopic (exact) mass is 386 g/mol. The van der Waals surface area contributed by atoms with E-state index in [9.17, 15) is 19.7 Å². The first-order valence-electron chi connectivity index (χ1n) is 7.97. The van der Waals surface area contributed by atoms with Crippen LogP contribution in [0.2, 0.25) is 0 Å². The number of hydrogen-bond acceptors (Lipinski definition) is 7. The number of hydrazone groups is 1. The molecule has 2 amide bonds. The highest BCUT2D eigenvalue weighted by Gasteiger charge is 2.17. The van der Waals surface area contributed by atoms with Gasteiger partial charge in [0.1, 0.15) is 0 Å². The molecule has 0 heterocycles. The second kappa shape index (κ2) is 9.12. The molecule has 10 heteroatoms. The summed E-state index contributed by atoms with van der Waals surface area (Å²) in [6.45, 7) is 1.36. The highest BCUT2D eigenvalue weighted by atomic mass is 16.6. The number of hydrogen-bond donors (Lipinski definition) is 2. The topological polar surface area (TPSA) is 132 Å². The van der Waals surface area contributed by atoms with Gasteiger partial charge in [-0.25, -0.2) is 5.43 Å². The molecule has 0 saturated carbocycles. The molecule has 2 rings (SSSR count). The van der Waals surface area contributed by atoms with Crippen LogP contribution in [0.5, 0.6) is 11.5 Å². The van der Waals surface area contributed by atoms with Crippen molar-refractivity contribution in [1.82, 2.24) is 5.43 Å². The van der Waals surface area contributed by atoms with Crippen LogP contribution in [0.1, 0.15) is 22.8 Å². The average Bonchev–Trinajstić information content (AvgIpc) is 2.66. The van der Waals surface area contributed by atoms with Gasteiger partial charge in [-0.05, 0) is 18.2 Å². The lowest BCUT2D eigenvalue weighted by Crippen LogP contribution is -2.18. The summed E-state index contributed by atoms with van der Waals surface area (Å²) in [5.41, 5.74) is 3.09. The minimum atomic E-state index is -0.578. The van der Waals surface area contributed by atoms with Crippen molar-refractivity contribution >= 4 is 29.4 Å². The predicted octanol–water partition coefficient (Wildman–Crippen LogP) is 2.33. The van der Waals surface area contributed by atoms with Gasteiger partial charge in [0.15, 0.2) is 11.5 Å². The van der Waals surface area contributed by atoms with Crippen LogP contribution in [0.4, 0.5) is 11.4 Å². The largest absolute Gasteiger partial charge is 0.493 e. The zero-order valence-electron chi connectivity index (χ0n) is 15.4. The minimum Gasteiger partial charge on any atom is -0.493 e. The molecule has 2 aromatic rings. The lowest BCUT2D eigenvalue weighted by atomic mass is 10.1. The van der Waals surface area contributed by atoms with E-state index in [1.807, 2.05) is 0 Å². The predicted molar refractivity (Wildman–Crippen MR) is 102 cm³/mol. The fourth-order valence-electron chi connectivity index (χ4n) is 2.35. The lowest BCUT2D eigenvalue weighted by Gasteiger charge is -2.10. The number of nitrogens with zero attached hydrogens (tertiary/aromatic N) is 2. The van der Waals surface area contributed by atoms with Crippen molar-refractivity contribution in [3.8, 4) is 11.5 Å². The molecule has 0 radical (unpaired) electrons. The number of nitro groups is 1. The van der Waals surface area contributed by atoms with Crippen LogP contribution in [0.3, 0.4) is 0 Å². The maximum atomic E-state index is 12.2. The fourth-order valence-corrected chi connectivity index (χ4v) is 2.35.